The van der Waals surface area contributed by atoms with Gasteiger partial charge in [0.25, 0.3) is 6.26 Å². The third kappa shape index (κ3) is 6.65. The molecule has 156 valence electrons. The molecule has 0 aromatic heterocycles. The molecule has 0 fully saturated rings. The SMILES string of the molecule is N#COc1ccc(-c2ccc(/C=C/C(=O)OCCCc3cc(N)cc(N)c3)cc2)cc1. The van der Waals surface area contributed by atoms with Crippen molar-refractivity contribution in [2.75, 3.05) is 18.1 Å². The number of nitrogen functional groups attached to an aromatic ring is 2. The van der Waals surface area contributed by atoms with Crippen LogP contribution in [0.4, 0.5) is 11.4 Å². The molecule has 0 amide bonds. The summed E-state index contributed by atoms with van der Waals surface area (Å²) in [6.07, 6.45) is 6.20. The van der Waals surface area contributed by atoms with Gasteiger partial charge in [-0.1, -0.05) is 36.4 Å². The van der Waals surface area contributed by atoms with Crippen LogP contribution >= 0.6 is 0 Å². The number of ether oxygens (including phenoxy) is 2. The van der Waals surface area contributed by atoms with Crippen LogP contribution in [-0.2, 0) is 16.0 Å². The Labute approximate surface area is 181 Å². The fourth-order valence-electron chi connectivity index (χ4n) is 3.11. The molecule has 3 aromatic carbocycles. The number of nitriles is 1. The number of carbonyl (C=O) groups excluding carboxylic acids is 1. The number of nitrogens with zero attached hydrogens (tertiary/aromatic N) is 1. The molecule has 0 bridgehead atoms. The number of nitrogens with two attached hydrogens (primary N) is 2. The molecule has 0 unspecified atom stereocenters. The molecule has 6 nitrogen and oxygen atoms in total. The normalized spacial score (nSPS) is 10.5. The van der Waals surface area contributed by atoms with Crippen molar-refractivity contribution < 1.29 is 14.3 Å². The third-order valence-electron chi connectivity index (χ3n) is 4.57. The number of hydrogen-bond donors (Lipinski definition) is 2. The van der Waals surface area contributed by atoms with E-state index < -0.39 is 0 Å². The van der Waals surface area contributed by atoms with Crippen molar-refractivity contribution in [3.05, 3.63) is 83.9 Å². The van der Waals surface area contributed by atoms with E-state index in [1.54, 1.807) is 30.5 Å². The maximum absolute atomic E-state index is 11.9. The fourth-order valence-corrected chi connectivity index (χ4v) is 3.11. The van der Waals surface area contributed by atoms with Gasteiger partial charge in [0.15, 0.2) is 0 Å². The lowest BCUT2D eigenvalue weighted by Gasteiger charge is -2.05. The average molecular weight is 413 g/mol. The van der Waals surface area contributed by atoms with Crippen molar-refractivity contribution in [1.29, 1.82) is 5.26 Å². The average Bonchev–Trinajstić information content (AvgIpc) is 2.76. The summed E-state index contributed by atoms with van der Waals surface area (Å²) in [7, 11) is 0. The van der Waals surface area contributed by atoms with E-state index in [0.29, 0.717) is 30.2 Å². The van der Waals surface area contributed by atoms with Crippen molar-refractivity contribution in [2.24, 2.45) is 0 Å². The smallest absolute Gasteiger partial charge is 0.330 e. The zero-order chi connectivity index (χ0) is 22.1. The van der Waals surface area contributed by atoms with Crippen LogP contribution in [0.3, 0.4) is 0 Å². The van der Waals surface area contributed by atoms with Gasteiger partial charge in [-0.2, -0.15) is 0 Å². The third-order valence-corrected chi connectivity index (χ3v) is 4.57. The fraction of sp³-hybridized carbons (Fsp3) is 0.120. The van der Waals surface area contributed by atoms with Crippen LogP contribution in [0, 0.1) is 11.5 Å². The highest BCUT2D eigenvalue weighted by Gasteiger charge is 2.02. The molecule has 4 N–H and O–H groups in total. The van der Waals surface area contributed by atoms with E-state index in [1.165, 1.54) is 6.08 Å². The zero-order valence-corrected chi connectivity index (χ0v) is 17.0. The van der Waals surface area contributed by atoms with Gasteiger partial charge in [0.05, 0.1) is 6.61 Å². The van der Waals surface area contributed by atoms with Gasteiger partial charge in [0.2, 0.25) is 0 Å². The van der Waals surface area contributed by atoms with E-state index in [4.69, 9.17) is 26.2 Å². The molecule has 0 heterocycles. The minimum atomic E-state index is -0.385. The summed E-state index contributed by atoms with van der Waals surface area (Å²) in [4.78, 5) is 11.9. The van der Waals surface area contributed by atoms with Gasteiger partial charge in [-0.3, -0.25) is 0 Å². The summed E-state index contributed by atoms with van der Waals surface area (Å²) in [6.45, 7) is 0.322. The Bertz CT molecular complexity index is 1080. The Morgan fingerprint density at radius 1 is 0.935 bits per heavy atom. The van der Waals surface area contributed by atoms with Gasteiger partial charge >= 0.3 is 5.97 Å². The largest absolute Gasteiger partial charge is 0.463 e. The molecule has 6 heteroatoms. The quantitative estimate of drug-likeness (QED) is 0.184. The van der Waals surface area contributed by atoms with Crippen molar-refractivity contribution in [3.8, 4) is 23.1 Å². The maximum Gasteiger partial charge on any atom is 0.330 e. The maximum atomic E-state index is 11.9. The lowest BCUT2D eigenvalue weighted by atomic mass is 10.0. The molecule has 0 atom stereocenters. The first-order valence-corrected chi connectivity index (χ1v) is 9.80. The molecule has 0 saturated carbocycles. The number of esters is 1. The predicted molar refractivity (Wildman–Crippen MR) is 122 cm³/mol. The van der Waals surface area contributed by atoms with E-state index in [1.807, 2.05) is 48.5 Å². The second-order valence-electron chi connectivity index (χ2n) is 6.95. The Kier molecular flexibility index (Phi) is 7.28. The lowest BCUT2D eigenvalue weighted by molar-refractivity contribution is -0.137. The van der Waals surface area contributed by atoms with Crippen molar-refractivity contribution in [1.82, 2.24) is 0 Å². The van der Waals surface area contributed by atoms with Gasteiger partial charge in [-0.15, -0.1) is 5.26 Å². The van der Waals surface area contributed by atoms with Crippen molar-refractivity contribution >= 4 is 23.4 Å². The number of aryl methyl sites for hydroxylation is 1. The van der Waals surface area contributed by atoms with Gasteiger partial charge in [-0.05, 0) is 71.5 Å². The molecule has 3 rings (SSSR count). The molecule has 0 saturated heterocycles. The first-order valence-electron chi connectivity index (χ1n) is 9.80. The molecule has 3 aromatic rings. The van der Waals surface area contributed by atoms with E-state index >= 15 is 0 Å². The molecule has 0 spiro atoms. The number of rotatable bonds is 8. The molecular weight excluding hydrogens is 390 g/mol. The monoisotopic (exact) mass is 413 g/mol. The molecule has 0 radical (unpaired) electrons. The first kappa shape index (κ1) is 21.5. The predicted octanol–water partition coefficient (Wildman–Crippen LogP) is 4.57. The lowest BCUT2D eigenvalue weighted by Crippen LogP contribution is -2.03. The second kappa shape index (κ2) is 10.5. The van der Waals surface area contributed by atoms with E-state index in [9.17, 15) is 4.79 Å². The number of benzene rings is 3. The Balaban J connectivity index is 1.46. The molecule has 0 aliphatic rings. The standard InChI is InChI=1S/C25H23N3O3/c26-17-31-24-10-8-21(9-11-24)20-6-3-18(4-7-20)5-12-25(29)30-13-1-2-19-14-22(27)16-23(28)15-19/h3-12,14-16H,1-2,13,27-28H2/b12-5+. The molecule has 31 heavy (non-hydrogen) atoms. The Morgan fingerprint density at radius 2 is 1.55 bits per heavy atom. The Hall–Kier alpha value is -4.24. The second-order valence-corrected chi connectivity index (χ2v) is 6.95. The highest BCUT2D eigenvalue weighted by Crippen LogP contribution is 2.23. The summed E-state index contributed by atoms with van der Waals surface area (Å²) in [5.41, 5.74) is 16.7. The Morgan fingerprint density at radius 3 is 2.16 bits per heavy atom. The summed E-state index contributed by atoms with van der Waals surface area (Å²) in [5.74, 6) is 0.116. The van der Waals surface area contributed by atoms with Gasteiger partial charge < -0.3 is 20.9 Å². The molecular formula is C25H23N3O3. The van der Waals surface area contributed by atoms with E-state index in [0.717, 1.165) is 28.7 Å². The van der Waals surface area contributed by atoms with Crippen LogP contribution < -0.4 is 16.2 Å². The summed E-state index contributed by atoms with van der Waals surface area (Å²) < 4.78 is 10.0. The van der Waals surface area contributed by atoms with E-state index in [-0.39, 0.29) is 5.97 Å². The van der Waals surface area contributed by atoms with E-state index in [2.05, 4.69) is 0 Å². The minimum Gasteiger partial charge on any atom is -0.463 e. The van der Waals surface area contributed by atoms with Crippen LogP contribution in [0.15, 0.2) is 72.8 Å². The number of hydrogen-bond acceptors (Lipinski definition) is 6. The van der Waals surface area contributed by atoms with Crippen LogP contribution in [0.5, 0.6) is 5.75 Å². The summed E-state index contributed by atoms with van der Waals surface area (Å²) in [6, 6.07) is 20.5. The van der Waals surface area contributed by atoms with Gasteiger partial charge in [0.1, 0.15) is 5.75 Å². The van der Waals surface area contributed by atoms with Crippen LogP contribution in [-0.4, -0.2) is 12.6 Å². The topological polar surface area (TPSA) is 111 Å². The van der Waals surface area contributed by atoms with Crippen LogP contribution in [0.1, 0.15) is 17.5 Å². The van der Waals surface area contributed by atoms with Crippen LogP contribution in [0.25, 0.3) is 17.2 Å². The highest BCUT2D eigenvalue weighted by atomic mass is 16.5. The zero-order valence-electron chi connectivity index (χ0n) is 17.0. The van der Waals surface area contributed by atoms with Gasteiger partial charge in [0, 0.05) is 17.5 Å². The van der Waals surface area contributed by atoms with Crippen molar-refractivity contribution in [2.45, 2.75) is 12.8 Å². The molecule has 0 aliphatic carbocycles. The summed E-state index contributed by atoms with van der Waals surface area (Å²) in [5, 5.41) is 8.53. The van der Waals surface area contributed by atoms with Crippen molar-refractivity contribution in [3.63, 3.8) is 0 Å². The van der Waals surface area contributed by atoms with Gasteiger partial charge in [-0.25, -0.2) is 4.79 Å². The number of carbonyl (C=O) groups is 1. The first-order chi connectivity index (χ1) is 15.0. The summed E-state index contributed by atoms with van der Waals surface area (Å²) >= 11 is 0. The highest BCUT2D eigenvalue weighted by molar-refractivity contribution is 5.87. The van der Waals surface area contributed by atoms with Crippen LogP contribution in [0.2, 0.25) is 0 Å². The minimum absolute atomic E-state index is 0.322. The molecule has 0 aliphatic heterocycles. The number of anilines is 2.